The van der Waals surface area contributed by atoms with Crippen LogP contribution in [0.4, 0.5) is 0 Å². The maximum absolute atomic E-state index is 11.2. The SMILES string of the molecule is CC(C)COC(=O)[C@@](C)(N)CS. The van der Waals surface area contributed by atoms with E-state index >= 15 is 0 Å². The smallest absolute Gasteiger partial charge is 0.326 e. The fourth-order valence-electron chi connectivity index (χ4n) is 0.472. The van der Waals surface area contributed by atoms with Gasteiger partial charge in [0.1, 0.15) is 5.54 Å². The first-order valence-electron chi connectivity index (χ1n) is 3.97. The highest BCUT2D eigenvalue weighted by Gasteiger charge is 2.28. The predicted octanol–water partition coefficient (Wildman–Crippen LogP) is 0.833. The molecule has 1 atom stereocenters. The van der Waals surface area contributed by atoms with Gasteiger partial charge in [-0.05, 0) is 12.8 Å². The summed E-state index contributed by atoms with van der Waals surface area (Å²) >= 11 is 3.96. The summed E-state index contributed by atoms with van der Waals surface area (Å²) in [6.07, 6.45) is 0. The molecular weight excluding hydrogens is 174 g/mol. The van der Waals surface area contributed by atoms with Crippen LogP contribution in [0.25, 0.3) is 0 Å². The van der Waals surface area contributed by atoms with E-state index in [1.807, 2.05) is 13.8 Å². The van der Waals surface area contributed by atoms with E-state index in [0.717, 1.165) is 0 Å². The molecule has 3 nitrogen and oxygen atoms in total. The lowest BCUT2D eigenvalue weighted by Gasteiger charge is -2.20. The summed E-state index contributed by atoms with van der Waals surface area (Å²) in [6, 6.07) is 0. The summed E-state index contributed by atoms with van der Waals surface area (Å²) < 4.78 is 4.95. The Balaban J connectivity index is 3.88. The standard InChI is InChI=1S/C8H17NO2S/c1-6(2)4-11-7(10)8(3,9)5-12/h6,12H,4-5,9H2,1-3H3/t8-/m0/s1. The molecule has 0 aliphatic rings. The highest BCUT2D eigenvalue weighted by molar-refractivity contribution is 7.80. The average Bonchev–Trinajstić information content (AvgIpc) is 2.00. The van der Waals surface area contributed by atoms with Crippen LogP contribution in [-0.4, -0.2) is 23.9 Å². The minimum Gasteiger partial charge on any atom is -0.464 e. The highest BCUT2D eigenvalue weighted by atomic mass is 32.1. The zero-order valence-corrected chi connectivity index (χ0v) is 8.73. The van der Waals surface area contributed by atoms with E-state index in [-0.39, 0.29) is 5.97 Å². The Bertz CT molecular complexity index is 157. The van der Waals surface area contributed by atoms with Gasteiger partial charge in [0.25, 0.3) is 0 Å². The molecule has 0 aliphatic heterocycles. The molecule has 0 aromatic heterocycles. The zero-order valence-electron chi connectivity index (χ0n) is 7.83. The molecule has 2 N–H and O–H groups in total. The molecular formula is C8H17NO2S. The van der Waals surface area contributed by atoms with Gasteiger partial charge in [-0.3, -0.25) is 4.79 Å². The second-order valence-corrected chi connectivity index (χ2v) is 3.88. The van der Waals surface area contributed by atoms with E-state index < -0.39 is 5.54 Å². The first-order valence-corrected chi connectivity index (χ1v) is 4.60. The minimum atomic E-state index is -0.960. The third-order valence-corrected chi connectivity index (χ3v) is 2.00. The number of hydrogen-bond donors (Lipinski definition) is 2. The first-order chi connectivity index (χ1) is 5.40. The topological polar surface area (TPSA) is 52.3 Å². The van der Waals surface area contributed by atoms with Crippen molar-refractivity contribution in [3.8, 4) is 0 Å². The van der Waals surface area contributed by atoms with E-state index in [9.17, 15) is 4.79 Å². The lowest BCUT2D eigenvalue weighted by Crippen LogP contribution is -2.48. The number of thiol groups is 1. The van der Waals surface area contributed by atoms with Crippen LogP contribution in [0.3, 0.4) is 0 Å². The molecule has 0 spiro atoms. The van der Waals surface area contributed by atoms with Crippen LogP contribution in [0.15, 0.2) is 0 Å². The molecule has 0 radical (unpaired) electrons. The molecule has 0 aromatic carbocycles. The lowest BCUT2D eigenvalue weighted by molar-refractivity contribution is -0.149. The van der Waals surface area contributed by atoms with Crippen molar-refractivity contribution in [3.05, 3.63) is 0 Å². The van der Waals surface area contributed by atoms with Crippen LogP contribution in [0, 0.1) is 5.92 Å². The number of rotatable bonds is 4. The van der Waals surface area contributed by atoms with Crippen molar-refractivity contribution in [3.63, 3.8) is 0 Å². The van der Waals surface area contributed by atoms with Crippen molar-refractivity contribution in [1.82, 2.24) is 0 Å². The summed E-state index contributed by atoms with van der Waals surface area (Å²) in [5.74, 6) is 0.250. The van der Waals surface area contributed by atoms with Crippen molar-refractivity contribution in [2.75, 3.05) is 12.4 Å². The number of hydrogen-bond acceptors (Lipinski definition) is 4. The van der Waals surface area contributed by atoms with E-state index in [1.54, 1.807) is 6.92 Å². The Hall–Kier alpha value is -0.220. The van der Waals surface area contributed by atoms with E-state index in [0.29, 0.717) is 18.3 Å². The van der Waals surface area contributed by atoms with E-state index in [4.69, 9.17) is 10.5 Å². The van der Waals surface area contributed by atoms with Crippen molar-refractivity contribution in [2.24, 2.45) is 11.7 Å². The molecule has 72 valence electrons. The largest absolute Gasteiger partial charge is 0.464 e. The average molecular weight is 191 g/mol. The molecule has 0 unspecified atom stereocenters. The number of carbonyl (C=O) groups is 1. The third-order valence-electron chi connectivity index (χ3n) is 1.34. The Labute approximate surface area is 79.1 Å². The molecule has 0 heterocycles. The monoisotopic (exact) mass is 191 g/mol. The van der Waals surface area contributed by atoms with Gasteiger partial charge in [0.2, 0.25) is 0 Å². The van der Waals surface area contributed by atoms with Gasteiger partial charge >= 0.3 is 5.97 Å². The molecule has 0 saturated carbocycles. The Kier molecular flexibility index (Phi) is 4.63. The Morgan fingerprint density at radius 1 is 1.67 bits per heavy atom. The second-order valence-electron chi connectivity index (χ2n) is 3.57. The van der Waals surface area contributed by atoms with Crippen LogP contribution in [0.1, 0.15) is 20.8 Å². The van der Waals surface area contributed by atoms with Gasteiger partial charge in [0.05, 0.1) is 6.61 Å². The quantitative estimate of drug-likeness (QED) is 0.511. The Morgan fingerprint density at radius 3 is 2.50 bits per heavy atom. The summed E-state index contributed by atoms with van der Waals surface area (Å²) in [6.45, 7) is 5.98. The summed E-state index contributed by atoms with van der Waals surface area (Å²) in [5.41, 5.74) is 4.63. The third kappa shape index (κ3) is 3.97. The van der Waals surface area contributed by atoms with Crippen molar-refractivity contribution >= 4 is 18.6 Å². The molecule has 0 saturated heterocycles. The molecule has 4 heteroatoms. The zero-order chi connectivity index (χ0) is 9.78. The molecule has 0 bridgehead atoms. The van der Waals surface area contributed by atoms with Gasteiger partial charge < -0.3 is 10.5 Å². The van der Waals surface area contributed by atoms with Crippen LogP contribution in [-0.2, 0) is 9.53 Å². The Morgan fingerprint density at radius 2 is 2.17 bits per heavy atom. The predicted molar refractivity (Wildman–Crippen MR) is 52.2 cm³/mol. The van der Waals surface area contributed by atoms with Gasteiger partial charge in [-0.2, -0.15) is 12.6 Å². The van der Waals surface area contributed by atoms with Crippen molar-refractivity contribution in [1.29, 1.82) is 0 Å². The number of carbonyl (C=O) groups excluding carboxylic acids is 1. The summed E-state index contributed by atoms with van der Waals surface area (Å²) in [4.78, 5) is 11.2. The normalized spacial score (nSPS) is 15.8. The molecule has 0 fully saturated rings. The van der Waals surface area contributed by atoms with Crippen LogP contribution in [0.2, 0.25) is 0 Å². The van der Waals surface area contributed by atoms with Crippen molar-refractivity contribution in [2.45, 2.75) is 26.3 Å². The minimum absolute atomic E-state index is 0.296. The van der Waals surface area contributed by atoms with Crippen LogP contribution in [0.5, 0.6) is 0 Å². The fourth-order valence-corrected chi connectivity index (χ4v) is 0.601. The summed E-state index contributed by atoms with van der Waals surface area (Å²) in [7, 11) is 0. The maximum atomic E-state index is 11.2. The first kappa shape index (κ1) is 11.8. The van der Waals surface area contributed by atoms with Gasteiger partial charge in [-0.1, -0.05) is 13.8 Å². The number of ether oxygens (including phenoxy) is 1. The number of nitrogens with two attached hydrogens (primary N) is 1. The van der Waals surface area contributed by atoms with Crippen LogP contribution >= 0.6 is 12.6 Å². The van der Waals surface area contributed by atoms with E-state index in [2.05, 4.69) is 12.6 Å². The summed E-state index contributed by atoms with van der Waals surface area (Å²) in [5, 5.41) is 0. The molecule has 0 rings (SSSR count). The number of esters is 1. The highest BCUT2D eigenvalue weighted by Crippen LogP contribution is 2.05. The molecule has 12 heavy (non-hydrogen) atoms. The van der Waals surface area contributed by atoms with Gasteiger partial charge in [-0.15, -0.1) is 0 Å². The van der Waals surface area contributed by atoms with Gasteiger partial charge in [0.15, 0.2) is 0 Å². The molecule has 0 aliphatic carbocycles. The van der Waals surface area contributed by atoms with Crippen LogP contribution < -0.4 is 5.73 Å². The van der Waals surface area contributed by atoms with E-state index in [1.165, 1.54) is 0 Å². The second kappa shape index (κ2) is 4.72. The fraction of sp³-hybridized carbons (Fsp3) is 0.875. The lowest BCUT2D eigenvalue weighted by atomic mass is 10.1. The molecule has 0 aromatic rings. The van der Waals surface area contributed by atoms with Crippen molar-refractivity contribution < 1.29 is 9.53 Å². The van der Waals surface area contributed by atoms with Gasteiger partial charge in [0, 0.05) is 5.75 Å². The molecule has 0 amide bonds. The van der Waals surface area contributed by atoms with Gasteiger partial charge in [-0.25, -0.2) is 0 Å². The maximum Gasteiger partial charge on any atom is 0.326 e.